The second-order valence-corrected chi connectivity index (χ2v) is 10.3. The van der Waals surface area contributed by atoms with Crippen molar-refractivity contribution in [2.24, 2.45) is 5.92 Å². The number of likely N-dealkylation sites (tertiary alicyclic amines) is 1. The number of rotatable bonds is 7. The standard InChI is InChI=1S/C23H30N2O3S/c1-18-6-5-13-25(15-18)16-22-8-4-3-7-21(22)14-24-23(26)20-11-9-19(10-12-20)17-29(2,27)28/h3-4,7-12,18H,5-6,13-17H2,1-2H3,(H,24,26). The van der Waals surface area contributed by atoms with Crippen LogP contribution in [0, 0.1) is 5.92 Å². The molecule has 0 radical (unpaired) electrons. The van der Waals surface area contributed by atoms with E-state index < -0.39 is 9.84 Å². The summed E-state index contributed by atoms with van der Waals surface area (Å²) in [5.41, 5.74) is 3.60. The molecule has 1 N–H and O–H groups in total. The first kappa shape index (κ1) is 21.5. The summed E-state index contributed by atoms with van der Waals surface area (Å²) in [6, 6.07) is 15.0. The molecule has 156 valence electrons. The van der Waals surface area contributed by atoms with E-state index in [2.05, 4.69) is 35.3 Å². The van der Waals surface area contributed by atoms with Crippen LogP contribution in [0.2, 0.25) is 0 Å². The smallest absolute Gasteiger partial charge is 0.251 e. The SMILES string of the molecule is CC1CCCN(Cc2ccccc2CNC(=O)c2ccc(CS(C)(=O)=O)cc2)C1. The van der Waals surface area contributed by atoms with E-state index in [1.807, 2.05) is 6.07 Å². The molecular weight excluding hydrogens is 384 g/mol. The number of benzene rings is 2. The average Bonchev–Trinajstić information content (AvgIpc) is 2.66. The van der Waals surface area contributed by atoms with Crippen molar-refractivity contribution in [1.29, 1.82) is 0 Å². The molecule has 3 rings (SSSR count). The summed E-state index contributed by atoms with van der Waals surface area (Å²) in [7, 11) is -3.08. The highest BCUT2D eigenvalue weighted by Gasteiger charge is 2.17. The summed E-state index contributed by atoms with van der Waals surface area (Å²) in [5, 5.41) is 2.99. The normalized spacial score (nSPS) is 17.8. The van der Waals surface area contributed by atoms with Gasteiger partial charge in [-0.25, -0.2) is 8.42 Å². The number of carbonyl (C=O) groups is 1. The zero-order valence-corrected chi connectivity index (χ0v) is 18.0. The van der Waals surface area contributed by atoms with Gasteiger partial charge in [0.25, 0.3) is 5.91 Å². The minimum Gasteiger partial charge on any atom is -0.348 e. The molecule has 1 fully saturated rings. The lowest BCUT2D eigenvalue weighted by Gasteiger charge is -2.31. The minimum atomic E-state index is -3.08. The quantitative estimate of drug-likeness (QED) is 0.754. The Morgan fingerprint density at radius 1 is 1.10 bits per heavy atom. The fourth-order valence-electron chi connectivity index (χ4n) is 3.89. The van der Waals surface area contributed by atoms with Crippen LogP contribution in [0.15, 0.2) is 48.5 Å². The Labute approximate surface area is 174 Å². The Balaban J connectivity index is 1.60. The van der Waals surface area contributed by atoms with E-state index in [0.29, 0.717) is 17.7 Å². The first-order chi connectivity index (χ1) is 13.8. The number of hydrogen-bond donors (Lipinski definition) is 1. The summed E-state index contributed by atoms with van der Waals surface area (Å²) >= 11 is 0. The van der Waals surface area contributed by atoms with E-state index in [0.717, 1.165) is 31.1 Å². The summed E-state index contributed by atoms with van der Waals surface area (Å²) < 4.78 is 22.8. The van der Waals surface area contributed by atoms with Gasteiger partial charge >= 0.3 is 0 Å². The van der Waals surface area contributed by atoms with Crippen LogP contribution in [0.1, 0.15) is 46.8 Å². The average molecular weight is 415 g/mol. The van der Waals surface area contributed by atoms with E-state index in [1.165, 1.54) is 24.7 Å². The fraction of sp³-hybridized carbons (Fsp3) is 0.435. The zero-order chi connectivity index (χ0) is 20.9. The van der Waals surface area contributed by atoms with Crippen molar-refractivity contribution in [3.63, 3.8) is 0 Å². The molecule has 1 atom stereocenters. The fourth-order valence-corrected chi connectivity index (χ4v) is 4.69. The molecule has 0 saturated carbocycles. The Kier molecular flexibility index (Phi) is 7.09. The molecule has 6 heteroatoms. The Morgan fingerprint density at radius 3 is 2.45 bits per heavy atom. The van der Waals surface area contributed by atoms with E-state index >= 15 is 0 Å². The van der Waals surface area contributed by atoms with Gasteiger partial charge in [0.05, 0.1) is 5.75 Å². The lowest BCUT2D eigenvalue weighted by Crippen LogP contribution is -2.34. The first-order valence-electron chi connectivity index (χ1n) is 10.1. The Morgan fingerprint density at radius 2 is 1.79 bits per heavy atom. The highest BCUT2D eigenvalue weighted by Crippen LogP contribution is 2.19. The highest BCUT2D eigenvalue weighted by molar-refractivity contribution is 7.89. The third-order valence-corrected chi connectivity index (χ3v) is 6.20. The monoisotopic (exact) mass is 414 g/mol. The molecule has 2 aromatic rings. The second kappa shape index (κ2) is 9.55. The topological polar surface area (TPSA) is 66.5 Å². The maximum absolute atomic E-state index is 12.5. The van der Waals surface area contributed by atoms with Crippen LogP contribution in [-0.2, 0) is 28.7 Å². The van der Waals surface area contributed by atoms with Crippen LogP contribution >= 0.6 is 0 Å². The van der Waals surface area contributed by atoms with Gasteiger partial charge in [-0.15, -0.1) is 0 Å². The van der Waals surface area contributed by atoms with Crippen LogP contribution in [0.3, 0.4) is 0 Å². The van der Waals surface area contributed by atoms with Crippen molar-refractivity contribution in [1.82, 2.24) is 10.2 Å². The molecule has 1 heterocycles. The van der Waals surface area contributed by atoms with Gasteiger partial charge in [-0.2, -0.15) is 0 Å². The van der Waals surface area contributed by atoms with Crippen molar-refractivity contribution in [3.05, 3.63) is 70.8 Å². The molecule has 1 saturated heterocycles. The van der Waals surface area contributed by atoms with Gasteiger partial charge < -0.3 is 5.32 Å². The molecule has 1 amide bonds. The molecule has 0 spiro atoms. The number of hydrogen-bond acceptors (Lipinski definition) is 4. The maximum Gasteiger partial charge on any atom is 0.251 e. The van der Waals surface area contributed by atoms with Gasteiger partial charge in [-0.05, 0) is 54.1 Å². The van der Waals surface area contributed by atoms with Gasteiger partial charge in [0.1, 0.15) is 0 Å². The summed E-state index contributed by atoms with van der Waals surface area (Å²) in [4.78, 5) is 15.0. The number of sulfone groups is 1. The van der Waals surface area contributed by atoms with Crippen LogP contribution in [0.5, 0.6) is 0 Å². The third-order valence-electron chi connectivity index (χ3n) is 5.34. The number of carbonyl (C=O) groups excluding carboxylic acids is 1. The van der Waals surface area contributed by atoms with Crippen molar-refractivity contribution in [2.75, 3.05) is 19.3 Å². The zero-order valence-electron chi connectivity index (χ0n) is 17.2. The molecule has 0 bridgehead atoms. The van der Waals surface area contributed by atoms with Crippen molar-refractivity contribution >= 4 is 15.7 Å². The van der Waals surface area contributed by atoms with Gasteiger partial charge in [-0.3, -0.25) is 9.69 Å². The summed E-state index contributed by atoms with van der Waals surface area (Å²) in [6.07, 6.45) is 3.75. The lowest BCUT2D eigenvalue weighted by atomic mass is 9.99. The number of piperidine rings is 1. The van der Waals surface area contributed by atoms with Crippen molar-refractivity contribution < 1.29 is 13.2 Å². The highest BCUT2D eigenvalue weighted by atomic mass is 32.2. The van der Waals surface area contributed by atoms with Gasteiger partial charge in [0.2, 0.25) is 0 Å². The van der Waals surface area contributed by atoms with E-state index in [1.54, 1.807) is 24.3 Å². The molecule has 2 aromatic carbocycles. The molecule has 0 aromatic heterocycles. The van der Waals surface area contributed by atoms with E-state index in [4.69, 9.17) is 0 Å². The van der Waals surface area contributed by atoms with Crippen LogP contribution in [0.4, 0.5) is 0 Å². The molecule has 1 aliphatic rings. The van der Waals surface area contributed by atoms with Gasteiger partial charge in [-0.1, -0.05) is 43.3 Å². The van der Waals surface area contributed by atoms with Crippen LogP contribution in [0.25, 0.3) is 0 Å². The predicted molar refractivity (Wildman–Crippen MR) is 116 cm³/mol. The summed E-state index contributed by atoms with van der Waals surface area (Å²) in [6.45, 7) is 5.95. The van der Waals surface area contributed by atoms with E-state index in [-0.39, 0.29) is 11.7 Å². The van der Waals surface area contributed by atoms with Crippen LogP contribution in [-0.4, -0.2) is 38.6 Å². The molecule has 5 nitrogen and oxygen atoms in total. The van der Waals surface area contributed by atoms with E-state index in [9.17, 15) is 13.2 Å². The molecule has 0 aliphatic carbocycles. The third kappa shape index (κ3) is 6.68. The number of nitrogens with one attached hydrogen (secondary N) is 1. The Hall–Kier alpha value is -2.18. The lowest BCUT2D eigenvalue weighted by molar-refractivity contribution is 0.0950. The number of amides is 1. The first-order valence-corrected chi connectivity index (χ1v) is 12.2. The molecule has 29 heavy (non-hydrogen) atoms. The molecular formula is C23H30N2O3S. The molecule has 1 aliphatic heterocycles. The largest absolute Gasteiger partial charge is 0.348 e. The van der Waals surface area contributed by atoms with Gasteiger partial charge in [0.15, 0.2) is 9.84 Å². The minimum absolute atomic E-state index is 0.0165. The predicted octanol–water partition coefficient (Wildman–Crippen LogP) is 3.39. The van der Waals surface area contributed by atoms with Crippen molar-refractivity contribution in [2.45, 2.75) is 38.6 Å². The maximum atomic E-state index is 12.5. The van der Waals surface area contributed by atoms with Crippen LogP contribution < -0.4 is 5.32 Å². The Bertz CT molecular complexity index is 939. The molecule has 1 unspecified atom stereocenters. The summed E-state index contributed by atoms with van der Waals surface area (Å²) in [5.74, 6) is 0.566. The second-order valence-electron chi connectivity index (χ2n) is 8.20. The van der Waals surface area contributed by atoms with Gasteiger partial charge in [0, 0.05) is 31.5 Å². The number of nitrogens with zero attached hydrogens (tertiary/aromatic N) is 1. The van der Waals surface area contributed by atoms with Crippen molar-refractivity contribution in [3.8, 4) is 0 Å².